The maximum Gasteiger partial charge on any atom is 0.279 e. The van der Waals surface area contributed by atoms with Gasteiger partial charge in [0, 0.05) is 19.2 Å². The summed E-state index contributed by atoms with van der Waals surface area (Å²) < 4.78 is 36.2. The number of hydrogen-bond acceptors (Lipinski definition) is 5. The van der Waals surface area contributed by atoms with E-state index in [2.05, 4.69) is 4.99 Å². The lowest BCUT2D eigenvalue weighted by Gasteiger charge is -2.30. The average molecular weight is 494 g/mol. The smallest absolute Gasteiger partial charge is 0.279 e. The van der Waals surface area contributed by atoms with E-state index in [-0.39, 0.29) is 4.90 Å². The predicted molar refractivity (Wildman–Crippen MR) is 133 cm³/mol. The number of nitrogens with zero attached hydrogens (tertiary/aromatic N) is 3. The van der Waals surface area contributed by atoms with Crippen molar-refractivity contribution in [1.29, 1.82) is 0 Å². The van der Waals surface area contributed by atoms with E-state index >= 15 is 0 Å². The third-order valence-electron chi connectivity index (χ3n) is 5.97. The molecule has 0 atom stereocenters. The SMILES string of the molecule is COc1ccc2c(c1)sc(=NC(=O)c1ccc(S(=O)(=O)N3CCCc4ccccc43)cc1)n2C. The van der Waals surface area contributed by atoms with Crippen molar-refractivity contribution in [2.24, 2.45) is 12.0 Å². The molecule has 0 saturated carbocycles. The number of hydrogen-bond donors (Lipinski definition) is 0. The van der Waals surface area contributed by atoms with Crippen LogP contribution in [0.5, 0.6) is 5.75 Å². The number of anilines is 1. The molecule has 3 aromatic carbocycles. The molecule has 0 spiro atoms. The number of carbonyl (C=O) groups is 1. The third-order valence-corrected chi connectivity index (χ3v) is 8.89. The lowest BCUT2D eigenvalue weighted by Crippen LogP contribution is -2.35. The standard InChI is InChI=1S/C25H23N3O4S2/c1-27-22-14-11-19(32-2)16-23(22)33-25(27)26-24(29)18-9-12-20(13-10-18)34(30,31)28-15-5-7-17-6-3-4-8-21(17)28/h3-4,6,8-14,16H,5,7,15H2,1-2H3. The summed E-state index contributed by atoms with van der Waals surface area (Å²) in [5, 5.41) is 0. The lowest BCUT2D eigenvalue weighted by atomic mass is 10.0. The normalized spacial score (nSPS) is 14.3. The fourth-order valence-corrected chi connectivity index (χ4v) is 6.73. The van der Waals surface area contributed by atoms with Gasteiger partial charge < -0.3 is 9.30 Å². The number of benzene rings is 3. The second kappa shape index (κ2) is 8.73. The summed E-state index contributed by atoms with van der Waals surface area (Å²) in [5.74, 6) is 0.307. The van der Waals surface area contributed by atoms with Crippen molar-refractivity contribution < 1.29 is 17.9 Å². The van der Waals surface area contributed by atoms with E-state index in [0.717, 1.165) is 40.1 Å². The van der Waals surface area contributed by atoms with Crippen LogP contribution in [0.15, 0.2) is 76.6 Å². The van der Waals surface area contributed by atoms with Crippen molar-refractivity contribution in [3.05, 3.63) is 82.7 Å². The zero-order valence-corrected chi connectivity index (χ0v) is 20.4. The number of methoxy groups -OCH3 is 1. The highest BCUT2D eigenvalue weighted by molar-refractivity contribution is 7.92. The van der Waals surface area contributed by atoms with Gasteiger partial charge in [0.25, 0.3) is 15.9 Å². The van der Waals surface area contributed by atoms with Gasteiger partial charge in [-0.25, -0.2) is 8.42 Å². The molecular formula is C25H23N3O4S2. The van der Waals surface area contributed by atoms with Gasteiger partial charge in [0.15, 0.2) is 4.80 Å². The topological polar surface area (TPSA) is 81.0 Å². The number of sulfonamides is 1. The van der Waals surface area contributed by atoms with Crippen molar-refractivity contribution in [3.8, 4) is 5.75 Å². The summed E-state index contributed by atoms with van der Waals surface area (Å²) in [4.78, 5) is 17.8. The van der Waals surface area contributed by atoms with Crippen molar-refractivity contribution in [2.45, 2.75) is 17.7 Å². The number of fused-ring (bicyclic) bond motifs is 2. The molecule has 9 heteroatoms. The highest BCUT2D eigenvalue weighted by atomic mass is 32.2. The molecule has 0 fully saturated rings. The first-order valence-corrected chi connectivity index (χ1v) is 13.1. The average Bonchev–Trinajstić information content (AvgIpc) is 3.17. The number of aromatic nitrogens is 1. The molecule has 2 heterocycles. The Bertz CT molecular complexity index is 1570. The summed E-state index contributed by atoms with van der Waals surface area (Å²) in [6.07, 6.45) is 1.63. The summed E-state index contributed by atoms with van der Waals surface area (Å²) in [6.45, 7) is 0.433. The van der Waals surface area contributed by atoms with E-state index in [0.29, 0.717) is 16.9 Å². The summed E-state index contributed by atoms with van der Waals surface area (Å²) in [6, 6.07) is 19.3. The fourth-order valence-electron chi connectivity index (χ4n) is 4.14. The summed E-state index contributed by atoms with van der Waals surface area (Å²) >= 11 is 1.39. The van der Waals surface area contributed by atoms with Gasteiger partial charge in [0.2, 0.25) is 0 Å². The molecule has 1 amide bonds. The van der Waals surface area contributed by atoms with Crippen LogP contribution in [-0.4, -0.2) is 32.5 Å². The highest BCUT2D eigenvalue weighted by Crippen LogP contribution is 2.32. The van der Waals surface area contributed by atoms with E-state index in [1.54, 1.807) is 7.11 Å². The molecule has 4 aromatic rings. The highest BCUT2D eigenvalue weighted by Gasteiger charge is 2.29. The van der Waals surface area contributed by atoms with E-state index < -0.39 is 15.9 Å². The minimum absolute atomic E-state index is 0.153. The number of amides is 1. The van der Waals surface area contributed by atoms with Crippen molar-refractivity contribution >= 4 is 43.2 Å². The zero-order chi connectivity index (χ0) is 23.9. The van der Waals surface area contributed by atoms with E-state index in [9.17, 15) is 13.2 Å². The Morgan fingerprint density at radius 3 is 2.59 bits per heavy atom. The summed E-state index contributed by atoms with van der Waals surface area (Å²) in [5.41, 5.74) is 3.02. The molecule has 0 radical (unpaired) electrons. The minimum Gasteiger partial charge on any atom is -0.497 e. The van der Waals surface area contributed by atoms with Crippen LogP contribution in [0.1, 0.15) is 22.3 Å². The quantitative estimate of drug-likeness (QED) is 0.428. The van der Waals surface area contributed by atoms with Gasteiger partial charge in [-0.1, -0.05) is 29.5 Å². The molecule has 5 rings (SSSR count). The first kappa shape index (κ1) is 22.4. The van der Waals surface area contributed by atoms with Crippen LogP contribution in [0.3, 0.4) is 0 Å². The molecular weight excluding hydrogens is 470 g/mol. The molecule has 0 aliphatic carbocycles. The Labute approximate surface area is 201 Å². The maximum atomic E-state index is 13.3. The van der Waals surface area contributed by atoms with Gasteiger partial charge in [0.1, 0.15) is 5.75 Å². The zero-order valence-electron chi connectivity index (χ0n) is 18.8. The van der Waals surface area contributed by atoms with E-state index in [1.165, 1.54) is 39.9 Å². The van der Waals surface area contributed by atoms with Crippen molar-refractivity contribution in [3.63, 3.8) is 0 Å². The molecule has 0 unspecified atom stereocenters. The van der Waals surface area contributed by atoms with Crippen molar-refractivity contribution in [2.75, 3.05) is 18.0 Å². The maximum absolute atomic E-state index is 13.3. The van der Waals surface area contributed by atoms with Gasteiger partial charge in [-0.2, -0.15) is 4.99 Å². The predicted octanol–water partition coefficient (Wildman–Crippen LogP) is 4.13. The van der Waals surface area contributed by atoms with Gasteiger partial charge in [-0.3, -0.25) is 9.10 Å². The Morgan fingerprint density at radius 2 is 1.82 bits per heavy atom. The molecule has 174 valence electrons. The van der Waals surface area contributed by atoms with Gasteiger partial charge in [-0.05, 0) is 66.9 Å². The number of thiazole rings is 1. The Balaban J connectivity index is 1.44. The molecule has 0 N–H and O–H groups in total. The first-order chi connectivity index (χ1) is 16.4. The molecule has 1 aliphatic heterocycles. The van der Waals surface area contributed by atoms with Crippen molar-refractivity contribution in [1.82, 2.24) is 4.57 Å². The number of para-hydroxylation sites is 1. The van der Waals surface area contributed by atoms with Gasteiger partial charge in [0.05, 0.1) is 27.9 Å². The number of rotatable bonds is 4. The van der Waals surface area contributed by atoms with Crippen LogP contribution in [-0.2, 0) is 23.5 Å². The van der Waals surface area contributed by atoms with Crippen LogP contribution < -0.4 is 13.8 Å². The third kappa shape index (κ3) is 3.91. The van der Waals surface area contributed by atoms with Crippen LogP contribution in [0.2, 0.25) is 0 Å². The molecule has 1 aromatic heterocycles. The van der Waals surface area contributed by atoms with Crippen LogP contribution in [0.4, 0.5) is 5.69 Å². The second-order valence-electron chi connectivity index (χ2n) is 8.03. The minimum atomic E-state index is -3.73. The molecule has 1 aliphatic rings. The molecule has 0 saturated heterocycles. The van der Waals surface area contributed by atoms with Crippen LogP contribution in [0, 0.1) is 0 Å². The van der Waals surface area contributed by atoms with Gasteiger partial charge >= 0.3 is 0 Å². The van der Waals surface area contributed by atoms with Crippen LogP contribution in [0.25, 0.3) is 10.2 Å². The lowest BCUT2D eigenvalue weighted by molar-refractivity contribution is 0.0998. The largest absolute Gasteiger partial charge is 0.497 e. The monoisotopic (exact) mass is 493 g/mol. The van der Waals surface area contributed by atoms with Gasteiger partial charge in [-0.15, -0.1) is 0 Å². The van der Waals surface area contributed by atoms with E-state index in [1.807, 2.05) is 54.1 Å². The Hall–Kier alpha value is -3.43. The number of aryl methyl sites for hydroxylation is 2. The van der Waals surface area contributed by atoms with Crippen LogP contribution >= 0.6 is 11.3 Å². The molecule has 34 heavy (non-hydrogen) atoms. The first-order valence-electron chi connectivity index (χ1n) is 10.8. The van der Waals surface area contributed by atoms with E-state index in [4.69, 9.17) is 4.74 Å². The second-order valence-corrected chi connectivity index (χ2v) is 10.9. The Kier molecular flexibility index (Phi) is 5.75. The fraction of sp³-hybridized carbons (Fsp3) is 0.200. The number of carbonyl (C=O) groups excluding carboxylic acids is 1. The molecule has 0 bridgehead atoms. The Morgan fingerprint density at radius 1 is 1.06 bits per heavy atom. The number of ether oxygens (including phenoxy) is 1. The summed E-state index contributed by atoms with van der Waals surface area (Å²) in [7, 11) is -0.271. The molecule has 7 nitrogen and oxygen atoms in total.